The van der Waals surface area contributed by atoms with Crippen LogP contribution in [0.2, 0.25) is 0 Å². The molecule has 0 amide bonds. The molecule has 0 bridgehead atoms. The second-order valence-electron chi connectivity index (χ2n) is 11.7. The summed E-state index contributed by atoms with van der Waals surface area (Å²) >= 11 is 0. The Kier molecular flexibility index (Phi) is 10.1. The molecule has 5 rings (SSSR count). The molecular weight excluding hydrogens is 615 g/mol. The quantitative estimate of drug-likeness (QED) is 0.0960. The number of carbonyl (C=O) groups is 1. The maximum atomic E-state index is 14.4. The molecule has 4 aromatic rings. The van der Waals surface area contributed by atoms with Gasteiger partial charge in [-0.05, 0) is 31.7 Å². The molecule has 0 radical (unpaired) electrons. The van der Waals surface area contributed by atoms with E-state index in [0.29, 0.717) is 35.3 Å². The molecule has 1 aliphatic rings. The van der Waals surface area contributed by atoms with E-state index in [-0.39, 0.29) is 25.0 Å². The normalized spacial score (nSPS) is 21.2. The molecule has 1 saturated heterocycles. The third-order valence-corrected chi connectivity index (χ3v) is 9.45. The highest BCUT2D eigenvalue weighted by Crippen LogP contribution is 2.50. The predicted molar refractivity (Wildman–Crippen MR) is 171 cm³/mol. The van der Waals surface area contributed by atoms with E-state index in [4.69, 9.17) is 29.0 Å². The second-order valence-corrected chi connectivity index (χ2v) is 13.4. The van der Waals surface area contributed by atoms with Gasteiger partial charge >= 0.3 is 13.7 Å². The molecule has 1 unspecified atom stereocenters. The van der Waals surface area contributed by atoms with Crippen molar-refractivity contribution in [1.82, 2.24) is 24.6 Å². The number of nitrogens with zero attached hydrogens (tertiary/aromatic N) is 4. The van der Waals surface area contributed by atoms with Gasteiger partial charge in [0, 0.05) is 10.8 Å². The molecule has 2 aromatic heterocycles. The van der Waals surface area contributed by atoms with E-state index in [1.807, 2.05) is 58.0 Å². The van der Waals surface area contributed by atoms with Crippen LogP contribution in [0.1, 0.15) is 53.7 Å². The summed E-state index contributed by atoms with van der Waals surface area (Å²) in [5, 5.41) is 15.7. The summed E-state index contributed by atoms with van der Waals surface area (Å²) < 4.78 is 45.2. The van der Waals surface area contributed by atoms with Gasteiger partial charge in [0.25, 0.3) is 0 Å². The van der Waals surface area contributed by atoms with Crippen LogP contribution >= 0.6 is 7.75 Å². The summed E-state index contributed by atoms with van der Waals surface area (Å²) in [5.41, 5.74) is 5.82. The van der Waals surface area contributed by atoms with Crippen molar-refractivity contribution in [3.63, 3.8) is 0 Å². The number of hydrogen-bond donors (Lipinski definition) is 3. The average molecular weight is 657 g/mol. The zero-order chi connectivity index (χ0) is 33.1. The van der Waals surface area contributed by atoms with E-state index < -0.39 is 43.6 Å². The van der Waals surface area contributed by atoms with E-state index in [0.717, 1.165) is 11.8 Å². The number of nitrogens with two attached hydrogens (primary N) is 1. The second kappa shape index (κ2) is 13.9. The molecule has 1 aliphatic heterocycles. The SMILES string of the molecule is CCCCOC(=O)[C@H](C)NP(=O)(OC[C@H]1O[C@@H](n2cnc3c(OCC)nc(N)nc32)C(C)(C)[C@@H]1O)Oc1cccc2ccccc12. The van der Waals surface area contributed by atoms with Crippen molar-refractivity contribution in [3.05, 3.63) is 48.8 Å². The van der Waals surface area contributed by atoms with Gasteiger partial charge in [-0.15, -0.1) is 0 Å². The van der Waals surface area contributed by atoms with Crippen molar-refractivity contribution in [2.45, 2.75) is 71.9 Å². The predicted octanol–water partition coefficient (Wildman–Crippen LogP) is 4.77. The Morgan fingerprint density at radius 1 is 1.20 bits per heavy atom. The number of imidazole rings is 1. The van der Waals surface area contributed by atoms with Gasteiger partial charge in [-0.1, -0.05) is 63.6 Å². The first-order chi connectivity index (χ1) is 22.0. The van der Waals surface area contributed by atoms with E-state index in [1.54, 1.807) is 16.7 Å². The van der Waals surface area contributed by atoms with Gasteiger partial charge in [0.05, 0.1) is 32.3 Å². The van der Waals surface area contributed by atoms with Gasteiger partial charge in [-0.25, -0.2) is 9.55 Å². The highest BCUT2D eigenvalue weighted by atomic mass is 31.2. The van der Waals surface area contributed by atoms with Crippen LogP contribution in [-0.4, -0.2) is 68.7 Å². The summed E-state index contributed by atoms with van der Waals surface area (Å²) in [6, 6.07) is 11.7. The molecule has 46 heavy (non-hydrogen) atoms. The summed E-state index contributed by atoms with van der Waals surface area (Å²) in [5.74, 6) is -0.0792. The Labute approximate surface area is 267 Å². The van der Waals surface area contributed by atoms with Crippen molar-refractivity contribution in [1.29, 1.82) is 0 Å². The van der Waals surface area contributed by atoms with E-state index in [1.165, 1.54) is 13.3 Å². The zero-order valence-corrected chi connectivity index (χ0v) is 27.5. The minimum absolute atomic E-state index is 0.00567. The van der Waals surface area contributed by atoms with Crippen LogP contribution in [-0.2, 0) is 23.4 Å². The van der Waals surface area contributed by atoms with Crippen LogP contribution in [0, 0.1) is 5.41 Å². The van der Waals surface area contributed by atoms with Gasteiger partial charge < -0.3 is 29.6 Å². The van der Waals surface area contributed by atoms with Crippen LogP contribution in [0.25, 0.3) is 21.9 Å². The molecule has 14 nitrogen and oxygen atoms in total. The number of rotatable bonds is 14. The number of benzene rings is 2. The Hall–Kier alpha value is -3.81. The molecule has 4 N–H and O–H groups in total. The number of aliphatic hydroxyl groups is 1. The third kappa shape index (κ3) is 6.96. The number of anilines is 1. The largest absolute Gasteiger partial charge is 0.476 e. The maximum absolute atomic E-state index is 14.4. The average Bonchev–Trinajstić information content (AvgIpc) is 3.53. The topological polar surface area (TPSA) is 182 Å². The van der Waals surface area contributed by atoms with Crippen LogP contribution in [0.15, 0.2) is 48.8 Å². The summed E-state index contributed by atoms with van der Waals surface area (Å²) in [7, 11) is -4.27. The van der Waals surface area contributed by atoms with Gasteiger partial charge in [-0.3, -0.25) is 13.9 Å². The Bertz CT molecular complexity index is 1730. The lowest BCUT2D eigenvalue weighted by Gasteiger charge is -2.29. The number of fused-ring (bicyclic) bond motifs is 2. The number of nitrogen functional groups attached to an aromatic ring is 1. The minimum Gasteiger partial charge on any atom is -0.476 e. The fourth-order valence-electron chi connectivity index (χ4n) is 5.31. The summed E-state index contributed by atoms with van der Waals surface area (Å²) in [4.78, 5) is 25.6. The number of aliphatic hydroxyl groups excluding tert-OH is 1. The highest BCUT2D eigenvalue weighted by Gasteiger charge is 2.52. The van der Waals surface area contributed by atoms with Crippen LogP contribution in [0.4, 0.5) is 5.95 Å². The Morgan fingerprint density at radius 3 is 2.72 bits per heavy atom. The third-order valence-electron chi connectivity index (χ3n) is 7.82. The number of nitrogens with one attached hydrogen (secondary N) is 1. The standard InChI is InChI=1S/C31H41N6O8P/c1-6-8-16-42-28(39)19(3)36-46(40,45-22-15-11-13-20-12-9-10-14-21(20)22)43-17-23-25(38)31(4,5)29(44-23)37-18-33-24-26(37)34-30(32)35-27(24)41-7-2/h9-15,18-19,23,25,29,38H,6-8,16-17H2,1-5H3,(H,36,40)(H2,32,34,35)/t19-,23+,25+,29+,46?/m0/s1. The first-order valence-corrected chi connectivity index (χ1v) is 16.8. The van der Waals surface area contributed by atoms with E-state index >= 15 is 0 Å². The number of aromatic nitrogens is 4. The van der Waals surface area contributed by atoms with Crippen LogP contribution < -0.4 is 20.1 Å². The first kappa shape index (κ1) is 33.6. The molecule has 5 atom stereocenters. The van der Waals surface area contributed by atoms with Gasteiger partial charge in [-0.2, -0.15) is 15.1 Å². The van der Waals surface area contributed by atoms with E-state index in [2.05, 4.69) is 20.0 Å². The van der Waals surface area contributed by atoms with Gasteiger partial charge in [0.1, 0.15) is 24.1 Å². The number of unbranched alkanes of at least 4 members (excludes halogenated alkanes) is 1. The summed E-state index contributed by atoms with van der Waals surface area (Å²) in [6.45, 7) is 9.21. The number of ether oxygens (including phenoxy) is 3. The van der Waals surface area contributed by atoms with Crippen molar-refractivity contribution in [3.8, 4) is 11.6 Å². The molecule has 1 fully saturated rings. The molecule has 0 saturated carbocycles. The van der Waals surface area contributed by atoms with Gasteiger partial charge in [0.15, 0.2) is 11.2 Å². The molecular formula is C31H41N6O8P. The van der Waals surface area contributed by atoms with Crippen molar-refractivity contribution in [2.24, 2.45) is 5.41 Å². The summed E-state index contributed by atoms with van der Waals surface area (Å²) in [6.07, 6.45) is 0.258. The molecule has 0 aliphatic carbocycles. The lowest BCUT2D eigenvalue weighted by atomic mass is 9.84. The number of carbonyl (C=O) groups excluding carboxylic acids is 1. The monoisotopic (exact) mass is 656 g/mol. The molecule has 3 heterocycles. The smallest absolute Gasteiger partial charge is 0.459 e. The maximum Gasteiger partial charge on any atom is 0.459 e. The first-order valence-electron chi connectivity index (χ1n) is 15.3. The van der Waals surface area contributed by atoms with E-state index in [9.17, 15) is 14.5 Å². The molecule has 248 valence electrons. The number of esters is 1. The van der Waals surface area contributed by atoms with Gasteiger partial charge in [0.2, 0.25) is 11.8 Å². The minimum atomic E-state index is -4.27. The number of hydrogen-bond acceptors (Lipinski definition) is 12. The molecule has 15 heteroatoms. The lowest BCUT2D eigenvalue weighted by Crippen LogP contribution is -2.38. The molecule has 2 aromatic carbocycles. The zero-order valence-electron chi connectivity index (χ0n) is 26.6. The van der Waals surface area contributed by atoms with Crippen LogP contribution in [0.3, 0.4) is 0 Å². The van der Waals surface area contributed by atoms with Crippen molar-refractivity contribution < 1.29 is 37.7 Å². The van der Waals surface area contributed by atoms with Crippen molar-refractivity contribution >= 4 is 41.6 Å². The lowest BCUT2D eigenvalue weighted by molar-refractivity contribution is -0.145. The highest BCUT2D eigenvalue weighted by molar-refractivity contribution is 7.52. The van der Waals surface area contributed by atoms with Crippen LogP contribution in [0.5, 0.6) is 11.6 Å². The fraction of sp³-hybridized carbons (Fsp3) is 0.484. The Morgan fingerprint density at radius 2 is 1.96 bits per heavy atom. The fourth-order valence-corrected chi connectivity index (χ4v) is 6.83. The molecule has 0 spiro atoms. The Balaban J connectivity index is 1.40. The van der Waals surface area contributed by atoms with Crippen molar-refractivity contribution in [2.75, 3.05) is 25.6 Å².